The van der Waals surface area contributed by atoms with E-state index in [0.29, 0.717) is 32.4 Å². The van der Waals surface area contributed by atoms with Crippen molar-refractivity contribution in [2.75, 3.05) is 26.7 Å². The summed E-state index contributed by atoms with van der Waals surface area (Å²) in [5, 5.41) is 5.41. The van der Waals surface area contributed by atoms with Gasteiger partial charge in [-0.1, -0.05) is 11.6 Å². The second kappa shape index (κ2) is 10.1. The van der Waals surface area contributed by atoms with Gasteiger partial charge in [0.05, 0.1) is 13.2 Å². The Balaban J connectivity index is 2.26. The summed E-state index contributed by atoms with van der Waals surface area (Å²) in [7, 11) is 1.29. The maximum atomic E-state index is 13.4. The molecule has 0 aromatic carbocycles. The number of amides is 4. The van der Waals surface area contributed by atoms with Gasteiger partial charge in [0.1, 0.15) is 12.1 Å². The van der Waals surface area contributed by atoms with Gasteiger partial charge in [0.25, 0.3) is 0 Å². The molecule has 29 heavy (non-hydrogen) atoms. The third kappa shape index (κ3) is 5.36. The molecule has 4 amide bonds. The van der Waals surface area contributed by atoms with Gasteiger partial charge in [-0.05, 0) is 33.1 Å². The highest BCUT2D eigenvalue weighted by atomic mass is 16.5. The number of nitrogens with one attached hydrogen (secondary N) is 2. The number of rotatable bonds is 6. The van der Waals surface area contributed by atoms with Crippen LogP contribution in [0.5, 0.6) is 0 Å². The standard InChI is InChI=1S/C20H30N4O5/c1-5-9-21-20(28)22-14-8-11-24(16(25)12-13(2)3)17(14)18(26)23-10-6-7-15(23)19(27)29-4/h5,12,14-15,17H,1,6-11H2,2-4H3,(H2,21,22,28). The molecule has 3 unspecified atom stereocenters. The molecule has 2 N–H and O–H groups in total. The second-order valence-corrected chi connectivity index (χ2v) is 7.45. The lowest BCUT2D eigenvalue weighted by atomic mass is 10.1. The molecule has 2 saturated heterocycles. The largest absolute Gasteiger partial charge is 0.467 e. The molecule has 0 bridgehead atoms. The van der Waals surface area contributed by atoms with Crippen LogP contribution < -0.4 is 10.6 Å². The first kappa shape index (κ1) is 22.4. The lowest BCUT2D eigenvalue weighted by Crippen LogP contribution is -2.58. The van der Waals surface area contributed by atoms with Crippen LogP contribution in [0.25, 0.3) is 0 Å². The van der Waals surface area contributed by atoms with Crippen molar-refractivity contribution in [2.45, 2.75) is 51.2 Å². The van der Waals surface area contributed by atoms with Crippen molar-refractivity contribution in [3.63, 3.8) is 0 Å². The number of methoxy groups -OCH3 is 1. The van der Waals surface area contributed by atoms with E-state index in [2.05, 4.69) is 17.2 Å². The van der Waals surface area contributed by atoms with E-state index in [4.69, 9.17) is 4.74 Å². The molecule has 0 radical (unpaired) electrons. The Labute approximate surface area is 171 Å². The third-order valence-corrected chi connectivity index (χ3v) is 5.08. The Hall–Kier alpha value is -2.84. The first-order valence-corrected chi connectivity index (χ1v) is 9.79. The number of carbonyl (C=O) groups is 4. The van der Waals surface area contributed by atoms with Crippen molar-refractivity contribution in [1.29, 1.82) is 0 Å². The van der Waals surface area contributed by atoms with Crippen LogP contribution in [-0.4, -0.2) is 78.5 Å². The summed E-state index contributed by atoms with van der Waals surface area (Å²) in [4.78, 5) is 53.3. The summed E-state index contributed by atoms with van der Waals surface area (Å²) in [6.07, 6.45) is 4.66. The van der Waals surface area contributed by atoms with Gasteiger partial charge in [-0.15, -0.1) is 6.58 Å². The number of nitrogens with zero attached hydrogens (tertiary/aromatic N) is 2. The Bertz CT molecular complexity index is 701. The average Bonchev–Trinajstić information content (AvgIpc) is 3.32. The van der Waals surface area contributed by atoms with E-state index in [1.54, 1.807) is 19.9 Å². The summed E-state index contributed by atoms with van der Waals surface area (Å²) in [6, 6.07) is -2.53. The summed E-state index contributed by atoms with van der Waals surface area (Å²) >= 11 is 0. The Morgan fingerprint density at radius 3 is 2.48 bits per heavy atom. The van der Waals surface area contributed by atoms with Crippen molar-refractivity contribution in [1.82, 2.24) is 20.4 Å². The van der Waals surface area contributed by atoms with Gasteiger partial charge >= 0.3 is 12.0 Å². The minimum absolute atomic E-state index is 0.284. The zero-order valence-electron chi connectivity index (χ0n) is 17.3. The molecule has 2 aliphatic rings. The molecule has 0 aliphatic carbocycles. The van der Waals surface area contributed by atoms with Gasteiger partial charge in [-0.2, -0.15) is 0 Å². The molecule has 9 nitrogen and oxygen atoms in total. The molecule has 9 heteroatoms. The predicted octanol–water partition coefficient (Wildman–Crippen LogP) is 0.571. The molecule has 160 valence electrons. The molecular weight excluding hydrogens is 376 g/mol. The van der Waals surface area contributed by atoms with E-state index in [9.17, 15) is 19.2 Å². The summed E-state index contributed by atoms with van der Waals surface area (Å²) in [6.45, 7) is 8.19. The smallest absolute Gasteiger partial charge is 0.328 e. The highest BCUT2D eigenvalue weighted by molar-refractivity contribution is 5.96. The van der Waals surface area contributed by atoms with E-state index in [1.165, 1.54) is 23.0 Å². The SMILES string of the molecule is C=CCNC(=O)NC1CCN(C(=O)C=C(C)C)C1C(=O)N1CCCC1C(=O)OC. The number of urea groups is 1. The highest BCUT2D eigenvalue weighted by Gasteiger charge is 2.47. The van der Waals surface area contributed by atoms with Gasteiger partial charge in [-0.3, -0.25) is 9.59 Å². The minimum atomic E-state index is -0.877. The van der Waals surface area contributed by atoms with Crippen LogP contribution >= 0.6 is 0 Å². The van der Waals surface area contributed by atoms with Crippen LogP contribution in [0.15, 0.2) is 24.3 Å². The van der Waals surface area contributed by atoms with Gasteiger partial charge in [0.15, 0.2) is 0 Å². The van der Waals surface area contributed by atoms with Gasteiger partial charge in [-0.25, -0.2) is 9.59 Å². The number of esters is 1. The molecular formula is C20H30N4O5. The van der Waals surface area contributed by atoms with Gasteiger partial charge < -0.3 is 25.2 Å². The van der Waals surface area contributed by atoms with Crippen LogP contribution in [0.3, 0.4) is 0 Å². The average molecular weight is 406 g/mol. The number of carbonyl (C=O) groups excluding carboxylic acids is 4. The highest BCUT2D eigenvalue weighted by Crippen LogP contribution is 2.26. The predicted molar refractivity (Wildman–Crippen MR) is 107 cm³/mol. The number of hydrogen-bond acceptors (Lipinski definition) is 5. The quantitative estimate of drug-likeness (QED) is 0.381. The van der Waals surface area contributed by atoms with E-state index < -0.39 is 30.1 Å². The van der Waals surface area contributed by atoms with Crippen molar-refractivity contribution in [3.05, 3.63) is 24.3 Å². The van der Waals surface area contributed by atoms with Gasteiger partial charge in [0.2, 0.25) is 11.8 Å². The first-order valence-electron chi connectivity index (χ1n) is 9.79. The molecule has 3 atom stereocenters. The van der Waals surface area contributed by atoms with Crippen molar-refractivity contribution in [2.24, 2.45) is 0 Å². The number of ether oxygens (including phenoxy) is 1. The monoisotopic (exact) mass is 406 g/mol. The van der Waals surface area contributed by atoms with Crippen LogP contribution in [-0.2, 0) is 19.1 Å². The van der Waals surface area contributed by atoms with E-state index in [1.807, 2.05) is 0 Å². The van der Waals surface area contributed by atoms with E-state index in [0.717, 1.165) is 5.57 Å². The van der Waals surface area contributed by atoms with Crippen LogP contribution in [0.2, 0.25) is 0 Å². The Kier molecular flexibility index (Phi) is 7.81. The van der Waals surface area contributed by atoms with Crippen LogP contribution in [0, 0.1) is 0 Å². The number of likely N-dealkylation sites (tertiary alicyclic amines) is 2. The van der Waals surface area contributed by atoms with E-state index >= 15 is 0 Å². The number of hydrogen-bond donors (Lipinski definition) is 2. The van der Waals surface area contributed by atoms with Crippen molar-refractivity contribution < 1.29 is 23.9 Å². The Morgan fingerprint density at radius 2 is 1.86 bits per heavy atom. The summed E-state index contributed by atoms with van der Waals surface area (Å²) in [5.74, 6) is -1.10. The molecule has 2 rings (SSSR count). The zero-order chi connectivity index (χ0) is 21.6. The lowest BCUT2D eigenvalue weighted by molar-refractivity contribution is -0.153. The third-order valence-electron chi connectivity index (χ3n) is 5.08. The van der Waals surface area contributed by atoms with Gasteiger partial charge in [0, 0.05) is 25.7 Å². The van der Waals surface area contributed by atoms with Crippen molar-refractivity contribution in [3.8, 4) is 0 Å². The second-order valence-electron chi connectivity index (χ2n) is 7.45. The lowest BCUT2D eigenvalue weighted by Gasteiger charge is -2.32. The first-order chi connectivity index (χ1) is 13.8. The normalized spacial score (nSPS) is 23.3. The van der Waals surface area contributed by atoms with Crippen LogP contribution in [0.1, 0.15) is 33.1 Å². The van der Waals surface area contributed by atoms with E-state index in [-0.39, 0.29) is 18.4 Å². The topological polar surface area (TPSA) is 108 Å². The zero-order valence-corrected chi connectivity index (χ0v) is 17.3. The fraction of sp³-hybridized carbons (Fsp3) is 0.600. The van der Waals surface area contributed by atoms with Crippen LogP contribution in [0.4, 0.5) is 4.79 Å². The minimum Gasteiger partial charge on any atom is -0.467 e. The summed E-state index contributed by atoms with van der Waals surface area (Å²) in [5.41, 5.74) is 0.815. The molecule has 2 aliphatic heterocycles. The molecule has 2 heterocycles. The molecule has 0 aromatic heterocycles. The number of allylic oxidation sites excluding steroid dienone is 1. The molecule has 0 saturated carbocycles. The molecule has 2 fully saturated rings. The summed E-state index contributed by atoms with van der Waals surface area (Å²) < 4.78 is 4.83. The Morgan fingerprint density at radius 1 is 1.14 bits per heavy atom. The maximum Gasteiger partial charge on any atom is 0.328 e. The molecule has 0 aromatic rings. The van der Waals surface area contributed by atoms with Crippen molar-refractivity contribution >= 4 is 23.8 Å². The molecule has 0 spiro atoms. The fourth-order valence-corrected chi connectivity index (χ4v) is 3.79. The fourth-order valence-electron chi connectivity index (χ4n) is 3.79. The maximum absolute atomic E-state index is 13.4.